The van der Waals surface area contributed by atoms with Crippen molar-refractivity contribution in [1.29, 1.82) is 0 Å². The fourth-order valence-corrected chi connectivity index (χ4v) is 2.07. The van der Waals surface area contributed by atoms with Gasteiger partial charge in [-0.05, 0) is 19.4 Å². The van der Waals surface area contributed by atoms with Crippen LogP contribution in [0.4, 0.5) is 0 Å². The third-order valence-electron chi connectivity index (χ3n) is 2.78. The summed E-state index contributed by atoms with van der Waals surface area (Å²) in [5.41, 5.74) is 0. The van der Waals surface area contributed by atoms with E-state index in [1.54, 1.807) is 0 Å². The Labute approximate surface area is 73.9 Å². The second kappa shape index (κ2) is 4.21. The van der Waals surface area contributed by atoms with Gasteiger partial charge >= 0.3 is 0 Å². The van der Waals surface area contributed by atoms with E-state index >= 15 is 0 Å². The summed E-state index contributed by atoms with van der Waals surface area (Å²) in [7, 11) is 0. The molecule has 0 saturated carbocycles. The van der Waals surface area contributed by atoms with Crippen LogP contribution in [0.5, 0.6) is 0 Å². The third kappa shape index (κ3) is 1.97. The molecular weight excluding hydrogens is 152 g/mol. The van der Waals surface area contributed by atoms with E-state index in [1.165, 1.54) is 25.8 Å². The number of ether oxygens (including phenoxy) is 1. The fourth-order valence-electron chi connectivity index (χ4n) is 2.07. The van der Waals surface area contributed by atoms with Gasteiger partial charge in [0.05, 0.1) is 13.2 Å². The van der Waals surface area contributed by atoms with E-state index in [0.717, 1.165) is 19.8 Å². The van der Waals surface area contributed by atoms with Crippen molar-refractivity contribution in [1.82, 2.24) is 10.6 Å². The molecule has 0 amide bonds. The number of piperidine rings is 1. The summed E-state index contributed by atoms with van der Waals surface area (Å²) < 4.78 is 5.43. The minimum Gasteiger partial charge on any atom is -0.378 e. The Kier molecular flexibility index (Phi) is 2.98. The molecule has 0 spiro atoms. The quantitative estimate of drug-likeness (QED) is 0.586. The Bertz CT molecular complexity index is 112. The molecule has 3 heteroatoms. The zero-order valence-corrected chi connectivity index (χ0v) is 7.51. The van der Waals surface area contributed by atoms with Gasteiger partial charge in [-0.2, -0.15) is 0 Å². The summed E-state index contributed by atoms with van der Waals surface area (Å²) in [6.45, 7) is 3.96. The monoisotopic (exact) mass is 170 g/mol. The minimum absolute atomic E-state index is 0.555. The molecule has 2 N–H and O–H groups in total. The molecule has 2 heterocycles. The summed E-state index contributed by atoms with van der Waals surface area (Å²) in [4.78, 5) is 0. The first kappa shape index (κ1) is 8.48. The lowest BCUT2D eigenvalue weighted by molar-refractivity contribution is 0.0597. The van der Waals surface area contributed by atoms with Crippen LogP contribution in [0.15, 0.2) is 0 Å². The van der Waals surface area contributed by atoms with Gasteiger partial charge in [0.25, 0.3) is 0 Å². The molecule has 2 aliphatic heterocycles. The highest BCUT2D eigenvalue weighted by molar-refractivity contribution is 4.86. The molecule has 2 unspecified atom stereocenters. The zero-order valence-electron chi connectivity index (χ0n) is 7.51. The maximum Gasteiger partial charge on any atom is 0.0635 e. The van der Waals surface area contributed by atoms with Crippen molar-refractivity contribution in [3.05, 3.63) is 0 Å². The second-order valence-electron chi connectivity index (χ2n) is 3.69. The van der Waals surface area contributed by atoms with Crippen LogP contribution < -0.4 is 10.6 Å². The molecule has 0 aromatic rings. The molecule has 0 aromatic carbocycles. The first-order valence-electron chi connectivity index (χ1n) is 5.01. The largest absolute Gasteiger partial charge is 0.378 e. The maximum absolute atomic E-state index is 5.43. The van der Waals surface area contributed by atoms with E-state index in [-0.39, 0.29) is 0 Å². The summed E-state index contributed by atoms with van der Waals surface area (Å²) >= 11 is 0. The van der Waals surface area contributed by atoms with Crippen molar-refractivity contribution in [3.8, 4) is 0 Å². The average molecular weight is 170 g/mol. The van der Waals surface area contributed by atoms with Gasteiger partial charge in [-0.3, -0.25) is 0 Å². The van der Waals surface area contributed by atoms with Crippen molar-refractivity contribution in [2.75, 3.05) is 26.3 Å². The summed E-state index contributed by atoms with van der Waals surface area (Å²) in [6, 6.07) is 1.21. The highest BCUT2D eigenvalue weighted by Gasteiger charge is 2.24. The summed E-state index contributed by atoms with van der Waals surface area (Å²) in [5, 5.41) is 7.05. The topological polar surface area (TPSA) is 33.3 Å². The molecular formula is C9H18N2O. The van der Waals surface area contributed by atoms with Crippen LogP contribution in [0.25, 0.3) is 0 Å². The molecule has 2 atom stereocenters. The van der Waals surface area contributed by atoms with Crippen molar-refractivity contribution < 1.29 is 4.74 Å². The standard InChI is InChI=1S/C9H18N2O/c1-2-4-10-8(3-1)9-7-12-6-5-11-9/h8-11H,1-7H2. The van der Waals surface area contributed by atoms with E-state index in [0.29, 0.717) is 12.1 Å². The van der Waals surface area contributed by atoms with Crippen LogP contribution in [0, 0.1) is 0 Å². The van der Waals surface area contributed by atoms with E-state index in [9.17, 15) is 0 Å². The van der Waals surface area contributed by atoms with Crippen molar-refractivity contribution in [2.24, 2.45) is 0 Å². The number of nitrogens with one attached hydrogen (secondary N) is 2. The molecule has 3 nitrogen and oxygen atoms in total. The number of hydrogen-bond donors (Lipinski definition) is 2. The van der Waals surface area contributed by atoms with Crippen LogP contribution >= 0.6 is 0 Å². The number of rotatable bonds is 1. The van der Waals surface area contributed by atoms with Crippen LogP contribution in [0.3, 0.4) is 0 Å². The smallest absolute Gasteiger partial charge is 0.0635 e. The van der Waals surface area contributed by atoms with E-state index in [2.05, 4.69) is 10.6 Å². The normalized spacial score (nSPS) is 38.0. The van der Waals surface area contributed by atoms with Crippen molar-refractivity contribution >= 4 is 0 Å². The van der Waals surface area contributed by atoms with E-state index in [4.69, 9.17) is 4.74 Å². The second-order valence-corrected chi connectivity index (χ2v) is 3.69. The minimum atomic E-state index is 0.555. The fraction of sp³-hybridized carbons (Fsp3) is 1.00. The Morgan fingerprint density at radius 3 is 2.58 bits per heavy atom. The SMILES string of the molecule is C1CCC(C2COCCN2)NC1. The van der Waals surface area contributed by atoms with Crippen molar-refractivity contribution in [3.63, 3.8) is 0 Å². The molecule has 0 aliphatic carbocycles. The molecule has 0 radical (unpaired) electrons. The van der Waals surface area contributed by atoms with Crippen LogP contribution in [0.1, 0.15) is 19.3 Å². The predicted molar refractivity (Wildman–Crippen MR) is 48.3 cm³/mol. The molecule has 0 aromatic heterocycles. The molecule has 2 saturated heterocycles. The lowest BCUT2D eigenvalue weighted by atomic mass is 9.98. The maximum atomic E-state index is 5.43. The Balaban J connectivity index is 1.80. The number of hydrogen-bond acceptors (Lipinski definition) is 3. The van der Waals surface area contributed by atoms with Gasteiger partial charge in [0.2, 0.25) is 0 Å². The van der Waals surface area contributed by atoms with Gasteiger partial charge in [0.1, 0.15) is 0 Å². The first-order chi connectivity index (χ1) is 5.97. The Morgan fingerprint density at radius 1 is 1.00 bits per heavy atom. The van der Waals surface area contributed by atoms with Gasteiger partial charge in [-0.1, -0.05) is 6.42 Å². The van der Waals surface area contributed by atoms with E-state index < -0.39 is 0 Å². The third-order valence-corrected chi connectivity index (χ3v) is 2.78. The molecule has 70 valence electrons. The predicted octanol–water partition coefficient (Wildman–Crippen LogP) is 0.117. The Morgan fingerprint density at radius 2 is 1.92 bits per heavy atom. The van der Waals surface area contributed by atoms with Crippen molar-refractivity contribution in [2.45, 2.75) is 31.3 Å². The molecule has 12 heavy (non-hydrogen) atoms. The van der Waals surface area contributed by atoms with Crippen LogP contribution in [-0.2, 0) is 4.74 Å². The average Bonchev–Trinajstić information content (AvgIpc) is 2.21. The highest BCUT2D eigenvalue weighted by Crippen LogP contribution is 2.11. The lowest BCUT2D eigenvalue weighted by Crippen LogP contribution is -2.55. The van der Waals surface area contributed by atoms with Crippen LogP contribution in [0.2, 0.25) is 0 Å². The molecule has 0 bridgehead atoms. The summed E-state index contributed by atoms with van der Waals surface area (Å²) in [5.74, 6) is 0. The first-order valence-corrected chi connectivity index (χ1v) is 5.01. The van der Waals surface area contributed by atoms with Gasteiger partial charge in [0.15, 0.2) is 0 Å². The molecule has 2 rings (SSSR count). The van der Waals surface area contributed by atoms with E-state index in [1.807, 2.05) is 0 Å². The van der Waals surface area contributed by atoms with Gasteiger partial charge in [-0.15, -0.1) is 0 Å². The highest BCUT2D eigenvalue weighted by atomic mass is 16.5. The van der Waals surface area contributed by atoms with Gasteiger partial charge < -0.3 is 15.4 Å². The lowest BCUT2D eigenvalue weighted by Gasteiger charge is -2.34. The molecule has 2 aliphatic rings. The van der Waals surface area contributed by atoms with Gasteiger partial charge in [-0.25, -0.2) is 0 Å². The number of morpholine rings is 1. The summed E-state index contributed by atoms with van der Waals surface area (Å²) in [6.07, 6.45) is 4.01. The van der Waals surface area contributed by atoms with Gasteiger partial charge in [0, 0.05) is 18.6 Å². The Hall–Kier alpha value is -0.120. The van der Waals surface area contributed by atoms with Crippen LogP contribution in [-0.4, -0.2) is 38.4 Å². The zero-order chi connectivity index (χ0) is 8.23. The molecule has 2 fully saturated rings.